The van der Waals surface area contributed by atoms with Crippen LogP contribution in [0.25, 0.3) is 16.6 Å². The first-order chi connectivity index (χ1) is 16.1. The zero-order valence-electron chi connectivity index (χ0n) is 17.2. The Kier molecular flexibility index (Phi) is 5.93. The van der Waals surface area contributed by atoms with Gasteiger partial charge in [-0.3, -0.25) is 4.79 Å². The smallest absolute Gasteiger partial charge is 0.364 e. The Morgan fingerprint density at radius 2 is 1.79 bits per heavy atom. The lowest BCUT2D eigenvalue weighted by Gasteiger charge is -2.20. The molecule has 0 bridgehead atoms. The molecule has 0 spiro atoms. The number of amides is 2. The molecule has 0 aliphatic carbocycles. The number of hydrogen-bond donors (Lipinski definition) is 2. The molecule has 2 amide bonds. The van der Waals surface area contributed by atoms with Crippen LogP contribution in [0.15, 0.2) is 68.4 Å². The topological polar surface area (TPSA) is 136 Å². The molecule has 0 atom stereocenters. The van der Waals surface area contributed by atoms with E-state index in [0.717, 1.165) is 23.5 Å². The summed E-state index contributed by atoms with van der Waals surface area (Å²) in [6.45, 7) is 0. The Balaban J connectivity index is 1.83. The second-order valence-corrected chi connectivity index (χ2v) is 10.6. The fourth-order valence-electron chi connectivity index (χ4n) is 3.30. The normalized spacial score (nSPS) is 11.5. The summed E-state index contributed by atoms with van der Waals surface area (Å²) in [5.74, 6) is 0. The van der Waals surface area contributed by atoms with Crippen LogP contribution in [-0.4, -0.2) is 30.9 Å². The molecule has 0 aliphatic rings. The maximum Gasteiger partial charge on any atom is 0.364 e. The van der Waals surface area contributed by atoms with E-state index >= 15 is 0 Å². The van der Waals surface area contributed by atoms with E-state index in [4.69, 9.17) is 17.3 Å². The van der Waals surface area contributed by atoms with Gasteiger partial charge in [-0.1, -0.05) is 16.1 Å². The Bertz CT molecular complexity index is 1660. The Morgan fingerprint density at radius 3 is 2.35 bits per heavy atom. The second kappa shape index (κ2) is 8.59. The Hall–Kier alpha value is -3.68. The van der Waals surface area contributed by atoms with Crippen molar-refractivity contribution in [3.8, 4) is 5.69 Å². The van der Waals surface area contributed by atoms with Crippen LogP contribution in [0, 0.1) is 0 Å². The predicted molar refractivity (Wildman–Crippen MR) is 128 cm³/mol. The van der Waals surface area contributed by atoms with E-state index in [1.54, 1.807) is 13.1 Å². The van der Waals surface area contributed by atoms with E-state index in [2.05, 4.69) is 5.32 Å². The second-order valence-electron chi connectivity index (χ2n) is 6.87. The van der Waals surface area contributed by atoms with Crippen LogP contribution in [0.4, 0.5) is 20.7 Å². The molecule has 2 aromatic carbocycles. The first-order valence-corrected chi connectivity index (χ1v) is 12.1. The number of urea groups is 1. The maximum atomic E-state index is 14.8. The Labute approximate surface area is 200 Å². The fourth-order valence-corrected chi connectivity index (χ4v) is 6.19. The number of sulfonamides is 1. The van der Waals surface area contributed by atoms with Gasteiger partial charge in [0.2, 0.25) is 0 Å². The van der Waals surface area contributed by atoms with E-state index < -0.39 is 27.3 Å². The molecule has 2 heterocycles. The number of nitrogens with two attached hydrogens (primary N) is 1. The predicted octanol–water partition coefficient (Wildman–Crippen LogP) is 2.92. The molecule has 0 unspecified atom stereocenters. The van der Waals surface area contributed by atoms with Crippen molar-refractivity contribution in [2.45, 2.75) is 4.21 Å². The highest BCUT2D eigenvalue weighted by atomic mass is 35.5. The van der Waals surface area contributed by atoms with Crippen LogP contribution >= 0.6 is 22.9 Å². The third-order valence-electron chi connectivity index (χ3n) is 4.88. The molecule has 4 aromatic rings. The summed E-state index contributed by atoms with van der Waals surface area (Å²) in [6, 6.07) is 10.2. The van der Waals surface area contributed by atoms with Gasteiger partial charge in [0, 0.05) is 12.7 Å². The number of rotatable bonds is 5. The molecule has 4 rings (SSSR count). The molecule has 2 aromatic heterocycles. The quantitative estimate of drug-likeness (QED) is 0.412. The number of halogens is 2. The van der Waals surface area contributed by atoms with E-state index in [-0.39, 0.29) is 35.6 Å². The standard InChI is InChI=1S/C20H15ClFN5O5S2/c1-24-11-2-7-14-15(10-11)26(22)20(30)25(18(14)28)12-3-5-13(6-4-12)27(19(23)29)34(31,32)17-9-8-16(21)33-17/h2-10,24H,1H3,(H2,23,29). The van der Waals surface area contributed by atoms with Gasteiger partial charge in [-0.2, -0.15) is 12.7 Å². The van der Waals surface area contributed by atoms with Crippen LogP contribution in [-0.2, 0) is 10.0 Å². The van der Waals surface area contributed by atoms with Crippen LogP contribution < -0.4 is 26.6 Å². The number of aromatic nitrogens is 2. The summed E-state index contributed by atoms with van der Waals surface area (Å²) in [5.41, 5.74) is 3.36. The fraction of sp³-hybridized carbons (Fsp3) is 0.0500. The third-order valence-corrected chi connectivity index (χ3v) is 8.30. The molecule has 14 heteroatoms. The van der Waals surface area contributed by atoms with Gasteiger partial charge in [-0.15, -0.1) is 16.1 Å². The summed E-state index contributed by atoms with van der Waals surface area (Å²) in [7, 11) is -2.77. The van der Waals surface area contributed by atoms with Gasteiger partial charge in [0.25, 0.3) is 15.6 Å². The minimum absolute atomic E-state index is 0.0503. The SMILES string of the molecule is CNc1ccc2c(=O)n(-c3ccc(N(C(N)=O)S(=O)(=O)c4ccc(Cl)s4)cc3)c(=O)n(F)c2c1. The van der Waals surface area contributed by atoms with Crippen molar-refractivity contribution in [3.63, 3.8) is 0 Å². The van der Waals surface area contributed by atoms with Crippen LogP contribution in [0.1, 0.15) is 0 Å². The van der Waals surface area contributed by atoms with Crippen LogP contribution in [0.5, 0.6) is 0 Å². The van der Waals surface area contributed by atoms with Crippen molar-refractivity contribution in [2.75, 3.05) is 16.7 Å². The summed E-state index contributed by atoms with van der Waals surface area (Å²) in [6.07, 6.45) is 0. The van der Waals surface area contributed by atoms with Crippen LogP contribution in [0.2, 0.25) is 4.34 Å². The number of primary amides is 1. The average molecular weight is 524 g/mol. The molecular weight excluding hydrogens is 509 g/mol. The minimum Gasteiger partial charge on any atom is -0.388 e. The number of fused-ring (bicyclic) bond motifs is 1. The highest BCUT2D eigenvalue weighted by Gasteiger charge is 2.31. The number of anilines is 2. The van der Waals surface area contributed by atoms with Crippen molar-refractivity contribution in [1.82, 2.24) is 9.36 Å². The Morgan fingerprint density at radius 1 is 1.12 bits per heavy atom. The lowest BCUT2D eigenvalue weighted by molar-refractivity contribution is 0.257. The number of carbonyl (C=O) groups excluding carboxylic acids is 1. The van der Waals surface area contributed by atoms with Gasteiger partial charge in [0.05, 0.1) is 26.6 Å². The van der Waals surface area contributed by atoms with Gasteiger partial charge in [0.15, 0.2) is 0 Å². The van der Waals surface area contributed by atoms with Gasteiger partial charge < -0.3 is 11.1 Å². The molecule has 0 saturated carbocycles. The highest BCUT2D eigenvalue weighted by molar-refractivity contribution is 7.95. The highest BCUT2D eigenvalue weighted by Crippen LogP contribution is 2.31. The van der Waals surface area contributed by atoms with E-state index in [1.165, 1.54) is 36.4 Å². The molecule has 0 saturated heterocycles. The molecule has 176 valence electrons. The van der Waals surface area contributed by atoms with Gasteiger partial charge >= 0.3 is 11.7 Å². The maximum absolute atomic E-state index is 14.8. The van der Waals surface area contributed by atoms with Gasteiger partial charge in [-0.25, -0.2) is 14.2 Å². The molecular formula is C20H15ClFN5O5S2. The summed E-state index contributed by atoms with van der Waals surface area (Å²) < 4.78 is 41.5. The number of benzene rings is 2. The van der Waals surface area contributed by atoms with Crippen molar-refractivity contribution < 1.29 is 17.7 Å². The van der Waals surface area contributed by atoms with Crippen molar-refractivity contribution in [2.24, 2.45) is 5.73 Å². The largest absolute Gasteiger partial charge is 0.388 e. The molecule has 0 fully saturated rings. The first-order valence-electron chi connectivity index (χ1n) is 9.42. The zero-order chi connectivity index (χ0) is 24.8. The van der Waals surface area contributed by atoms with Crippen molar-refractivity contribution in [1.29, 1.82) is 0 Å². The lowest BCUT2D eigenvalue weighted by atomic mass is 10.2. The summed E-state index contributed by atoms with van der Waals surface area (Å²) in [4.78, 5) is 37.4. The number of nitrogens with zero attached hydrogens (tertiary/aromatic N) is 3. The molecule has 10 nitrogen and oxygen atoms in total. The van der Waals surface area contributed by atoms with Crippen LogP contribution in [0.3, 0.4) is 0 Å². The first kappa shape index (κ1) is 23.5. The van der Waals surface area contributed by atoms with E-state index in [9.17, 15) is 27.3 Å². The minimum atomic E-state index is -4.38. The average Bonchev–Trinajstić information content (AvgIpc) is 3.25. The lowest BCUT2D eigenvalue weighted by Crippen LogP contribution is -2.40. The van der Waals surface area contributed by atoms with E-state index in [1.807, 2.05) is 0 Å². The van der Waals surface area contributed by atoms with Gasteiger partial charge in [-0.05, 0) is 54.6 Å². The number of carbonyl (C=O) groups is 1. The molecule has 0 aliphatic heterocycles. The third kappa shape index (κ3) is 3.83. The summed E-state index contributed by atoms with van der Waals surface area (Å²) >= 11 is 6.54. The number of hydrogen-bond acceptors (Lipinski definition) is 7. The number of thiophene rings is 1. The van der Waals surface area contributed by atoms with Gasteiger partial charge in [0.1, 0.15) is 4.21 Å². The monoisotopic (exact) mass is 523 g/mol. The van der Waals surface area contributed by atoms with E-state index in [0.29, 0.717) is 14.6 Å². The molecule has 34 heavy (non-hydrogen) atoms. The zero-order valence-corrected chi connectivity index (χ0v) is 19.6. The molecule has 3 N–H and O–H groups in total. The summed E-state index contributed by atoms with van der Waals surface area (Å²) in [5, 5.41) is 2.74. The molecule has 0 radical (unpaired) electrons. The van der Waals surface area contributed by atoms with Crippen molar-refractivity contribution >= 4 is 61.3 Å². The number of nitrogens with one attached hydrogen (secondary N) is 1. The van der Waals surface area contributed by atoms with Crippen molar-refractivity contribution in [3.05, 3.63) is 79.8 Å².